The predicted octanol–water partition coefficient (Wildman–Crippen LogP) is 4.00. The Morgan fingerprint density at radius 2 is 1.61 bits per heavy atom. The lowest BCUT2D eigenvalue weighted by molar-refractivity contribution is 0.0925. The van der Waals surface area contributed by atoms with E-state index in [0.717, 1.165) is 54.4 Å². The lowest BCUT2D eigenvalue weighted by Crippen LogP contribution is -2.48. The Labute approximate surface area is 182 Å². The number of halogens is 1. The summed E-state index contributed by atoms with van der Waals surface area (Å²) in [6.07, 6.45) is 0. The predicted molar refractivity (Wildman–Crippen MR) is 120 cm³/mol. The van der Waals surface area contributed by atoms with Crippen LogP contribution in [0.1, 0.15) is 27.3 Å². The number of benzene rings is 2. The molecule has 1 saturated heterocycles. The molecule has 0 bridgehead atoms. The molecule has 0 unspecified atom stereocenters. The topological polar surface area (TPSA) is 48.7 Å². The van der Waals surface area contributed by atoms with Gasteiger partial charge < -0.3 is 14.6 Å². The van der Waals surface area contributed by atoms with Crippen LogP contribution >= 0.6 is 0 Å². The molecule has 0 atom stereocenters. The molecule has 0 amide bonds. The van der Waals surface area contributed by atoms with Crippen molar-refractivity contribution >= 4 is 11.5 Å². The number of aromatic nitrogens is 1. The summed E-state index contributed by atoms with van der Waals surface area (Å²) in [4.78, 5) is 17.5. The molecule has 162 valence electrons. The summed E-state index contributed by atoms with van der Waals surface area (Å²) in [5.41, 5.74) is 4.85. The van der Waals surface area contributed by atoms with Crippen molar-refractivity contribution in [3.8, 4) is 5.75 Å². The van der Waals surface area contributed by atoms with E-state index in [1.807, 2.05) is 32.0 Å². The molecule has 3 aromatic rings. The first-order chi connectivity index (χ1) is 14.9. The molecule has 6 heteroatoms. The van der Waals surface area contributed by atoms with Crippen molar-refractivity contribution in [3.63, 3.8) is 0 Å². The Hall–Kier alpha value is -3.12. The number of rotatable bonds is 6. The Morgan fingerprint density at radius 3 is 2.26 bits per heavy atom. The normalized spacial score (nSPS) is 14.7. The molecule has 2 aromatic carbocycles. The van der Waals surface area contributed by atoms with Crippen molar-refractivity contribution < 1.29 is 14.3 Å². The van der Waals surface area contributed by atoms with Crippen LogP contribution in [-0.4, -0.2) is 53.1 Å². The van der Waals surface area contributed by atoms with Gasteiger partial charge in [-0.3, -0.25) is 9.69 Å². The summed E-state index contributed by atoms with van der Waals surface area (Å²) in [6, 6.07) is 15.7. The van der Waals surface area contributed by atoms with E-state index >= 15 is 0 Å². The number of phenolic OH excluding ortho intramolecular Hbond substituents is 1. The molecule has 4 rings (SSSR count). The first-order valence-electron chi connectivity index (χ1n) is 10.6. The maximum Gasteiger partial charge on any atom is 0.178 e. The van der Waals surface area contributed by atoms with Gasteiger partial charge in [-0.2, -0.15) is 0 Å². The van der Waals surface area contributed by atoms with E-state index in [2.05, 4.69) is 14.4 Å². The van der Waals surface area contributed by atoms with Crippen molar-refractivity contribution in [1.82, 2.24) is 9.47 Å². The SMILES string of the molecule is Cc1cc(C(=O)CN2CCN(c3ccc(O)cc3)CC2)c(C)n1Cc1ccc(F)cc1. The standard InChI is InChI=1S/C25H28FN3O2/c1-18-15-24(19(2)29(18)16-20-3-5-21(26)6-4-20)25(31)17-27-11-13-28(14-12-27)22-7-9-23(30)10-8-22/h3-10,15,30H,11-14,16-17H2,1-2H3. The number of phenols is 1. The minimum atomic E-state index is -0.244. The fraction of sp³-hybridized carbons (Fsp3) is 0.320. The first-order valence-corrected chi connectivity index (χ1v) is 10.6. The van der Waals surface area contributed by atoms with E-state index in [9.17, 15) is 14.3 Å². The number of ketones is 1. The second-order valence-corrected chi connectivity index (χ2v) is 8.20. The number of hydrogen-bond donors (Lipinski definition) is 1. The first kappa shape index (κ1) is 21.1. The average Bonchev–Trinajstić information content (AvgIpc) is 3.05. The van der Waals surface area contributed by atoms with Gasteiger partial charge in [-0.05, 0) is 61.9 Å². The average molecular weight is 422 g/mol. The van der Waals surface area contributed by atoms with Gasteiger partial charge in [0.2, 0.25) is 0 Å². The van der Waals surface area contributed by atoms with E-state index < -0.39 is 0 Å². The summed E-state index contributed by atoms with van der Waals surface area (Å²) in [7, 11) is 0. The minimum Gasteiger partial charge on any atom is -0.508 e. The van der Waals surface area contributed by atoms with Crippen LogP contribution < -0.4 is 4.90 Å². The van der Waals surface area contributed by atoms with Crippen molar-refractivity contribution in [1.29, 1.82) is 0 Å². The van der Waals surface area contributed by atoms with Gasteiger partial charge in [0.1, 0.15) is 11.6 Å². The molecule has 1 fully saturated rings. The number of anilines is 1. The van der Waals surface area contributed by atoms with Crippen molar-refractivity contribution in [2.75, 3.05) is 37.6 Å². The molecule has 1 aliphatic heterocycles. The maximum absolute atomic E-state index is 13.2. The highest BCUT2D eigenvalue weighted by molar-refractivity contribution is 5.99. The number of nitrogens with zero attached hydrogens (tertiary/aromatic N) is 3. The zero-order valence-electron chi connectivity index (χ0n) is 18.0. The van der Waals surface area contributed by atoms with Gasteiger partial charge in [0.05, 0.1) is 6.54 Å². The highest BCUT2D eigenvalue weighted by atomic mass is 19.1. The third-order valence-electron chi connectivity index (χ3n) is 6.08. The third kappa shape index (κ3) is 4.80. The van der Waals surface area contributed by atoms with Crippen LogP contribution in [-0.2, 0) is 6.54 Å². The molecule has 1 aliphatic rings. The Balaban J connectivity index is 1.38. The minimum absolute atomic E-state index is 0.136. The zero-order chi connectivity index (χ0) is 22.0. The van der Waals surface area contributed by atoms with Crippen LogP contribution in [0.2, 0.25) is 0 Å². The van der Waals surface area contributed by atoms with E-state index in [-0.39, 0.29) is 17.3 Å². The molecule has 5 nitrogen and oxygen atoms in total. The lowest BCUT2D eigenvalue weighted by atomic mass is 10.1. The number of aryl methyl sites for hydroxylation is 1. The number of hydrogen-bond acceptors (Lipinski definition) is 4. The molecule has 1 aromatic heterocycles. The number of Topliss-reactive ketones (excluding diaryl/α,β-unsaturated/α-hetero) is 1. The number of aromatic hydroxyl groups is 1. The summed E-state index contributed by atoms with van der Waals surface area (Å²) < 4.78 is 15.3. The van der Waals surface area contributed by atoms with Crippen molar-refractivity contribution in [3.05, 3.63) is 82.9 Å². The summed E-state index contributed by atoms with van der Waals surface area (Å²) >= 11 is 0. The largest absolute Gasteiger partial charge is 0.508 e. The Kier molecular flexibility index (Phi) is 6.09. The van der Waals surface area contributed by atoms with Gasteiger partial charge in [-0.25, -0.2) is 4.39 Å². The fourth-order valence-corrected chi connectivity index (χ4v) is 4.22. The van der Waals surface area contributed by atoms with Gasteiger partial charge in [0.15, 0.2) is 5.78 Å². The monoisotopic (exact) mass is 421 g/mol. The molecular formula is C25H28FN3O2. The van der Waals surface area contributed by atoms with Crippen molar-refractivity contribution in [2.24, 2.45) is 0 Å². The maximum atomic E-state index is 13.2. The number of carbonyl (C=O) groups is 1. The smallest absolute Gasteiger partial charge is 0.178 e. The molecule has 2 heterocycles. The molecular weight excluding hydrogens is 393 g/mol. The van der Waals surface area contributed by atoms with Crippen LogP contribution in [0.15, 0.2) is 54.6 Å². The van der Waals surface area contributed by atoms with Crippen LogP contribution in [0.4, 0.5) is 10.1 Å². The van der Waals surface area contributed by atoms with Crippen LogP contribution in [0.25, 0.3) is 0 Å². The van der Waals surface area contributed by atoms with Gasteiger partial charge >= 0.3 is 0 Å². The Morgan fingerprint density at radius 1 is 0.968 bits per heavy atom. The van der Waals surface area contributed by atoms with E-state index in [0.29, 0.717) is 13.1 Å². The second-order valence-electron chi connectivity index (χ2n) is 8.20. The number of carbonyl (C=O) groups excluding carboxylic acids is 1. The molecule has 0 saturated carbocycles. The number of piperazine rings is 1. The molecule has 1 N–H and O–H groups in total. The van der Waals surface area contributed by atoms with E-state index in [4.69, 9.17) is 0 Å². The van der Waals surface area contributed by atoms with Crippen LogP contribution in [0.3, 0.4) is 0 Å². The molecule has 31 heavy (non-hydrogen) atoms. The molecule has 0 spiro atoms. The van der Waals surface area contributed by atoms with Gasteiger partial charge in [-0.15, -0.1) is 0 Å². The second kappa shape index (κ2) is 8.94. The van der Waals surface area contributed by atoms with Gasteiger partial charge in [0.25, 0.3) is 0 Å². The Bertz CT molecular complexity index is 1050. The molecule has 0 aliphatic carbocycles. The van der Waals surface area contributed by atoms with Crippen LogP contribution in [0.5, 0.6) is 5.75 Å². The third-order valence-corrected chi connectivity index (χ3v) is 6.08. The fourth-order valence-electron chi connectivity index (χ4n) is 4.22. The van der Waals surface area contributed by atoms with Crippen molar-refractivity contribution in [2.45, 2.75) is 20.4 Å². The van der Waals surface area contributed by atoms with Gasteiger partial charge in [0, 0.05) is 55.4 Å². The summed E-state index contributed by atoms with van der Waals surface area (Å²) in [6.45, 7) is 8.35. The summed E-state index contributed by atoms with van der Waals surface area (Å²) in [5, 5.41) is 9.46. The zero-order valence-corrected chi connectivity index (χ0v) is 18.0. The van der Waals surface area contributed by atoms with E-state index in [1.54, 1.807) is 24.3 Å². The highest BCUT2D eigenvalue weighted by Gasteiger charge is 2.22. The quantitative estimate of drug-likeness (QED) is 0.611. The van der Waals surface area contributed by atoms with E-state index in [1.165, 1.54) is 12.1 Å². The molecule has 0 radical (unpaired) electrons. The van der Waals surface area contributed by atoms with Crippen LogP contribution in [0, 0.1) is 19.7 Å². The lowest BCUT2D eigenvalue weighted by Gasteiger charge is -2.35. The summed E-state index contributed by atoms with van der Waals surface area (Å²) in [5.74, 6) is 0.160. The van der Waals surface area contributed by atoms with Gasteiger partial charge in [-0.1, -0.05) is 12.1 Å². The highest BCUT2D eigenvalue weighted by Crippen LogP contribution is 2.21.